The maximum absolute atomic E-state index is 11.0. The predicted octanol–water partition coefficient (Wildman–Crippen LogP) is 1.88. The summed E-state index contributed by atoms with van der Waals surface area (Å²) in [5.41, 5.74) is 2.51. The van der Waals surface area contributed by atoms with Gasteiger partial charge in [0.15, 0.2) is 5.58 Å². The van der Waals surface area contributed by atoms with Crippen molar-refractivity contribution in [1.29, 1.82) is 0 Å². The molecule has 17 heavy (non-hydrogen) atoms. The molecule has 1 aromatic heterocycles. The standard InChI is InChI=1S/C12H15ClN2O2/c13-5-1-6-14-7-4-9-2-3-10-11(8-9)17-12(16)15-10/h2-3,8,14H,1,4-7H2,(H,15,16). The molecule has 0 aliphatic rings. The van der Waals surface area contributed by atoms with Crippen LogP contribution in [0.3, 0.4) is 0 Å². The summed E-state index contributed by atoms with van der Waals surface area (Å²) in [7, 11) is 0. The van der Waals surface area contributed by atoms with Gasteiger partial charge in [0.2, 0.25) is 0 Å². The average molecular weight is 255 g/mol. The summed E-state index contributed by atoms with van der Waals surface area (Å²) < 4.78 is 5.00. The van der Waals surface area contributed by atoms with Crippen LogP contribution in [0.4, 0.5) is 0 Å². The predicted molar refractivity (Wildman–Crippen MR) is 68.7 cm³/mol. The van der Waals surface area contributed by atoms with Crippen molar-refractivity contribution >= 4 is 22.7 Å². The fourth-order valence-electron chi connectivity index (χ4n) is 1.69. The van der Waals surface area contributed by atoms with E-state index in [4.69, 9.17) is 16.0 Å². The van der Waals surface area contributed by atoms with E-state index in [1.54, 1.807) is 0 Å². The largest absolute Gasteiger partial charge is 0.417 e. The van der Waals surface area contributed by atoms with Crippen molar-refractivity contribution in [2.45, 2.75) is 12.8 Å². The van der Waals surface area contributed by atoms with Crippen LogP contribution in [0.5, 0.6) is 0 Å². The first-order chi connectivity index (χ1) is 8.29. The summed E-state index contributed by atoms with van der Waals surface area (Å²) in [6.07, 6.45) is 1.89. The van der Waals surface area contributed by atoms with Crippen molar-refractivity contribution < 1.29 is 4.42 Å². The zero-order chi connectivity index (χ0) is 12.1. The molecule has 5 heteroatoms. The van der Waals surface area contributed by atoms with Crippen molar-refractivity contribution in [3.05, 3.63) is 34.3 Å². The molecule has 0 aliphatic carbocycles. The molecule has 2 aromatic rings. The number of halogens is 1. The van der Waals surface area contributed by atoms with Crippen molar-refractivity contribution in [1.82, 2.24) is 10.3 Å². The maximum atomic E-state index is 11.0. The van der Waals surface area contributed by atoms with Crippen molar-refractivity contribution in [2.75, 3.05) is 19.0 Å². The van der Waals surface area contributed by atoms with Crippen molar-refractivity contribution in [3.8, 4) is 0 Å². The van der Waals surface area contributed by atoms with Gasteiger partial charge in [0.25, 0.3) is 0 Å². The third kappa shape index (κ3) is 3.35. The Labute approximate surface area is 104 Å². The van der Waals surface area contributed by atoms with Crippen LogP contribution in [0.1, 0.15) is 12.0 Å². The molecule has 2 rings (SSSR count). The van der Waals surface area contributed by atoms with Crippen LogP contribution in [-0.2, 0) is 6.42 Å². The van der Waals surface area contributed by atoms with Gasteiger partial charge in [0.05, 0.1) is 5.52 Å². The van der Waals surface area contributed by atoms with Gasteiger partial charge >= 0.3 is 5.76 Å². The van der Waals surface area contributed by atoms with Gasteiger partial charge in [0.1, 0.15) is 0 Å². The lowest BCUT2D eigenvalue weighted by Gasteiger charge is -2.03. The average Bonchev–Trinajstić information content (AvgIpc) is 2.68. The molecule has 0 saturated heterocycles. The van der Waals surface area contributed by atoms with E-state index in [0.29, 0.717) is 11.5 Å². The Balaban J connectivity index is 1.92. The zero-order valence-corrected chi connectivity index (χ0v) is 10.2. The van der Waals surface area contributed by atoms with E-state index in [1.165, 1.54) is 0 Å². The van der Waals surface area contributed by atoms with Gasteiger partial charge in [-0.25, -0.2) is 4.79 Å². The number of aromatic nitrogens is 1. The van der Waals surface area contributed by atoms with Crippen LogP contribution in [-0.4, -0.2) is 24.0 Å². The van der Waals surface area contributed by atoms with Gasteiger partial charge in [0, 0.05) is 5.88 Å². The summed E-state index contributed by atoms with van der Waals surface area (Å²) >= 11 is 5.58. The smallest absolute Gasteiger partial charge is 0.408 e. The van der Waals surface area contributed by atoms with Crippen molar-refractivity contribution in [3.63, 3.8) is 0 Å². The lowest BCUT2D eigenvalue weighted by molar-refractivity contribution is 0.555. The number of benzene rings is 1. The molecule has 1 heterocycles. The molecule has 0 bridgehead atoms. The Kier molecular flexibility index (Phi) is 4.23. The van der Waals surface area contributed by atoms with E-state index < -0.39 is 5.76 Å². The summed E-state index contributed by atoms with van der Waals surface area (Å²) in [4.78, 5) is 13.6. The fraction of sp³-hybridized carbons (Fsp3) is 0.417. The highest BCUT2D eigenvalue weighted by Gasteiger charge is 2.01. The Morgan fingerprint density at radius 2 is 2.24 bits per heavy atom. The molecule has 0 fully saturated rings. The van der Waals surface area contributed by atoms with Crippen LogP contribution < -0.4 is 11.1 Å². The van der Waals surface area contributed by atoms with Gasteiger partial charge in [-0.15, -0.1) is 11.6 Å². The first-order valence-electron chi connectivity index (χ1n) is 5.68. The quantitative estimate of drug-likeness (QED) is 0.611. The maximum Gasteiger partial charge on any atom is 0.417 e. The minimum atomic E-state index is -0.405. The lowest BCUT2D eigenvalue weighted by atomic mass is 10.1. The minimum Gasteiger partial charge on any atom is -0.408 e. The SMILES string of the molecule is O=c1[nH]c2ccc(CCNCCCCl)cc2o1. The van der Waals surface area contributed by atoms with E-state index >= 15 is 0 Å². The van der Waals surface area contributed by atoms with Crippen LogP contribution >= 0.6 is 11.6 Å². The highest BCUT2D eigenvalue weighted by Crippen LogP contribution is 2.12. The van der Waals surface area contributed by atoms with E-state index in [-0.39, 0.29) is 0 Å². The number of nitrogens with one attached hydrogen (secondary N) is 2. The van der Waals surface area contributed by atoms with E-state index in [0.717, 1.165) is 37.0 Å². The van der Waals surface area contributed by atoms with Crippen molar-refractivity contribution in [2.24, 2.45) is 0 Å². The van der Waals surface area contributed by atoms with Gasteiger partial charge in [-0.2, -0.15) is 0 Å². The Hall–Kier alpha value is -1.26. The van der Waals surface area contributed by atoms with Crippen LogP contribution in [0, 0.1) is 0 Å². The number of fused-ring (bicyclic) bond motifs is 1. The van der Waals surface area contributed by atoms with Crippen LogP contribution in [0.2, 0.25) is 0 Å². The fourth-order valence-corrected chi connectivity index (χ4v) is 1.83. The second kappa shape index (κ2) is 5.89. The number of H-pyrrole nitrogens is 1. The molecular weight excluding hydrogens is 240 g/mol. The third-order valence-corrected chi connectivity index (χ3v) is 2.83. The van der Waals surface area contributed by atoms with E-state index in [2.05, 4.69) is 10.3 Å². The zero-order valence-electron chi connectivity index (χ0n) is 9.46. The molecule has 0 atom stereocenters. The summed E-state index contributed by atoms with van der Waals surface area (Å²) in [5, 5.41) is 3.30. The molecule has 92 valence electrons. The van der Waals surface area contributed by atoms with Gasteiger partial charge in [-0.05, 0) is 43.6 Å². The number of alkyl halides is 1. The number of rotatable bonds is 6. The second-order valence-corrected chi connectivity index (χ2v) is 4.27. The number of aromatic amines is 1. The second-order valence-electron chi connectivity index (χ2n) is 3.89. The Bertz CT molecular complexity index is 533. The molecule has 0 amide bonds. The summed E-state index contributed by atoms with van der Waals surface area (Å²) in [6.45, 7) is 1.84. The van der Waals surface area contributed by atoms with Crippen LogP contribution in [0.15, 0.2) is 27.4 Å². The Morgan fingerprint density at radius 1 is 1.35 bits per heavy atom. The topological polar surface area (TPSA) is 58.0 Å². The molecule has 4 nitrogen and oxygen atoms in total. The highest BCUT2D eigenvalue weighted by molar-refractivity contribution is 6.17. The monoisotopic (exact) mass is 254 g/mol. The Morgan fingerprint density at radius 3 is 3.06 bits per heavy atom. The molecule has 1 aromatic carbocycles. The molecule has 0 unspecified atom stereocenters. The molecule has 2 N–H and O–H groups in total. The normalized spacial score (nSPS) is 11.1. The highest BCUT2D eigenvalue weighted by atomic mass is 35.5. The first-order valence-corrected chi connectivity index (χ1v) is 6.21. The van der Waals surface area contributed by atoms with Gasteiger partial charge < -0.3 is 9.73 Å². The summed E-state index contributed by atoms with van der Waals surface area (Å²) in [6, 6.07) is 5.77. The van der Waals surface area contributed by atoms with E-state index in [9.17, 15) is 4.79 Å². The summed E-state index contributed by atoms with van der Waals surface area (Å²) in [5.74, 6) is 0.283. The van der Waals surface area contributed by atoms with E-state index in [1.807, 2.05) is 18.2 Å². The molecule has 0 aliphatic heterocycles. The molecule has 0 spiro atoms. The third-order valence-electron chi connectivity index (χ3n) is 2.56. The number of hydrogen-bond acceptors (Lipinski definition) is 3. The number of oxazole rings is 1. The molecule has 0 radical (unpaired) electrons. The van der Waals surface area contributed by atoms with Gasteiger partial charge in [-0.3, -0.25) is 4.98 Å². The van der Waals surface area contributed by atoms with Gasteiger partial charge in [-0.1, -0.05) is 6.07 Å². The van der Waals surface area contributed by atoms with Crippen LogP contribution in [0.25, 0.3) is 11.1 Å². The lowest BCUT2D eigenvalue weighted by Crippen LogP contribution is -2.18. The first kappa shape index (κ1) is 12.2. The number of hydrogen-bond donors (Lipinski definition) is 2. The molecule has 0 saturated carbocycles. The molecular formula is C12H15ClN2O2. The minimum absolute atomic E-state index is 0.405.